The third kappa shape index (κ3) is 3.18. The highest BCUT2D eigenvalue weighted by Gasteiger charge is 2.22. The second kappa shape index (κ2) is 6.02. The molecule has 0 aliphatic carbocycles. The Bertz CT molecular complexity index is 674. The molecule has 1 atom stereocenters. The van der Waals surface area contributed by atoms with Gasteiger partial charge in [0.1, 0.15) is 0 Å². The van der Waals surface area contributed by atoms with E-state index in [-0.39, 0.29) is 5.91 Å². The van der Waals surface area contributed by atoms with E-state index in [0.717, 1.165) is 41.3 Å². The quantitative estimate of drug-likeness (QED) is 0.927. The van der Waals surface area contributed by atoms with Crippen LogP contribution in [0.3, 0.4) is 0 Å². The number of nitrogens with two attached hydrogens (primary N) is 1. The van der Waals surface area contributed by atoms with Gasteiger partial charge in [-0.15, -0.1) is 0 Å². The molecule has 0 bridgehead atoms. The van der Waals surface area contributed by atoms with Crippen LogP contribution in [0, 0.1) is 5.92 Å². The van der Waals surface area contributed by atoms with Gasteiger partial charge in [0, 0.05) is 41.3 Å². The number of carbonyl (C=O) groups excluding carboxylic acids is 1. The van der Waals surface area contributed by atoms with E-state index in [9.17, 15) is 4.79 Å². The average Bonchev–Trinajstić information content (AvgIpc) is 2.46. The first-order valence-corrected chi connectivity index (χ1v) is 8.00. The third-order valence-corrected chi connectivity index (χ3v) is 4.52. The number of rotatable bonds is 3. The van der Waals surface area contributed by atoms with Gasteiger partial charge in [-0.25, -0.2) is 0 Å². The van der Waals surface area contributed by atoms with Gasteiger partial charge in [-0.1, -0.05) is 15.9 Å². The first-order chi connectivity index (χ1) is 10.1. The molecule has 0 saturated carbocycles. The van der Waals surface area contributed by atoms with E-state index in [4.69, 9.17) is 5.73 Å². The number of nitrogens with zero attached hydrogens (tertiary/aromatic N) is 2. The van der Waals surface area contributed by atoms with E-state index in [0.29, 0.717) is 12.3 Å². The molecule has 1 aliphatic rings. The Morgan fingerprint density at radius 1 is 1.43 bits per heavy atom. The Balaban J connectivity index is 1.92. The number of pyridine rings is 1. The van der Waals surface area contributed by atoms with Gasteiger partial charge in [-0.2, -0.15) is 0 Å². The molecule has 21 heavy (non-hydrogen) atoms. The van der Waals surface area contributed by atoms with Crippen molar-refractivity contribution in [1.29, 1.82) is 0 Å². The lowest BCUT2D eigenvalue weighted by molar-refractivity contribution is -0.118. The summed E-state index contributed by atoms with van der Waals surface area (Å²) in [6, 6.07) is 8.19. The fraction of sp³-hybridized carbons (Fsp3) is 0.375. The molecule has 1 fully saturated rings. The number of piperidine rings is 1. The van der Waals surface area contributed by atoms with Gasteiger partial charge in [0.2, 0.25) is 5.91 Å². The fourth-order valence-electron chi connectivity index (χ4n) is 3.11. The monoisotopic (exact) mass is 347 g/mol. The van der Waals surface area contributed by atoms with Gasteiger partial charge in [0.25, 0.3) is 0 Å². The largest absolute Gasteiger partial charge is 0.371 e. The van der Waals surface area contributed by atoms with Crippen molar-refractivity contribution in [3.05, 3.63) is 34.9 Å². The number of amides is 1. The first-order valence-electron chi connectivity index (χ1n) is 7.21. The molecule has 2 N–H and O–H groups in total. The van der Waals surface area contributed by atoms with Crippen LogP contribution in [0.25, 0.3) is 10.9 Å². The molecular weight excluding hydrogens is 330 g/mol. The van der Waals surface area contributed by atoms with E-state index in [1.165, 1.54) is 5.69 Å². The second-order valence-electron chi connectivity index (χ2n) is 5.62. The lowest BCUT2D eigenvalue weighted by Gasteiger charge is -2.34. The molecule has 5 heteroatoms. The van der Waals surface area contributed by atoms with Crippen LogP contribution in [0.5, 0.6) is 0 Å². The van der Waals surface area contributed by atoms with E-state index in [1.807, 2.05) is 18.3 Å². The zero-order valence-corrected chi connectivity index (χ0v) is 13.3. The number of carbonyl (C=O) groups is 1. The van der Waals surface area contributed by atoms with E-state index < -0.39 is 0 Å². The van der Waals surface area contributed by atoms with Crippen LogP contribution in [-0.2, 0) is 4.79 Å². The molecule has 0 spiro atoms. The van der Waals surface area contributed by atoms with E-state index >= 15 is 0 Å². The standard InChI is InChI=1S/C16H18BrN3O/c17-12-3-4-14-13(9-12)15(5-6-19-14)20-7-1-2-11(10-20)8-16(18)21/h3-6,9,11H,1-2,7-8,10H2,(H2,18,21). The Hall–Kier alpha value is -1.62. The Kier molecular flexibility index (Phi) is 4.10. The summed E-state index contributed by atoms with van der Waals surface area (Å²) in [7, 11) is 0. The second-order valence-corrected chi connectivity index (χ2v) is 6.53. The average molecular weight is 348 g/mol. The van der Waals surface area contributed by atoms with Crippen LogP contribution in [0.15, 0.2) is 34.9 Å². The van der Waals surface area contributed by atoms with Crippen LogP contribution in [-0.4, -0.2) is 24.0 Å². The molecule has 4 nitrogen and oxygen atoms in total. The maximum Gasteiger partial charge on any atom is 0.217 e. The highest BCUT2D eigenvalue weighted by Crippen LogP contribution is 2.31. The zero-order chi connectivity index (χ0) is 14.8. The van der Waals surface area contributed by atoms with Crippen molar-refractivity contribution < 1.29 is 4.79 Å². The molecule has 1 aliphatic heterocycles. The number of primary amides is 1. The summed E-state index contributed by atoms with van der Waals surface area (Å²) in [6.45, 7) is 1.90. The van der Waals surface area contributed by atoms with Crippen LogP contribution < -0.4 is 10.6 Å². The summed E-state index contributed by atoms with van der Waals surface area (Å²) < 4.78 is 1.05. The van der Waals surface area contributed by atoms with Crippen molar-refractivity contribution in [2.45, 2.75) is 19.3 Å². The molecule has 1 saturated heterocycles. The summed E-state index contributed by atoms with van der Waals surface area (Å²) in [6.07, 6.45) is 4.49. The Labute approximate surface area is 132 Å². The molecule has 3 rings (SSSR count). The van der Waals surface area contributed by atoms with E-state index in [2.05, 4.69) is 37.9 Å². The van der Waals surface area contributed by atoms with Crippen LogP contribution in [0.2, 0.25) is 0 Å². The molecule has 0 radical (unpaired) electrons. The summed E-state index contributed by atoms with van der Waals surface area (Å²) in [5.41, 5.74) is 7.53. The van der Waals surface area contributed by atoms with Crippen LogP contribution in [0.1, 0.15) is 19.3 Å². The highest BCUT2D eigenvalue weighted by molar-refractivity contribution is 9.10. The van der Waals surface area contributed by atoms with Gasteiger partial charge in [0.05, 0.1) is 5.52 Å². The molecule has 1 aromatic heterocycles. The number of anilines is 1. The Morgan fingerprint density at radius 2 is 2.29 bits per heavy atom. The minimum atomic E-state index is -0.204. The maximum atomic E-state index is 11.2. The number of hydrogen-bond acceptors (Lipinski definition) is 3. The normalized spacial score (nSPS) is 18.9. The maximum absolute atomic E-state index is 11.2. The minimum Gasteiger partial charge on any atom is -0.371 e. The van der Waals surface area contributed by atoms with Gasteiger partial charge in [-0.05, 0) is 43.0 Å². The fourth-order valence-corrected chi connectivity index (χ4v) is 3.48. The lowest BCUT2D eigenvalue weighted by atomic mass is 9.94. The molecular formula is C16H18BrN3O. The summed E-state index contributed by atoms with van der Waals surface area (Å²) in [5, 5.41) is 1.14. The number of halogens is 1. The topological polar surface area (TPSA) is 59.2 Å². The number of hydrogen-bond donors (Lipinski definition) is 1. The van der Waals surface area contributed by atoms with Crippen molar-refractivity contribution >= 4 is 38.4 Å². The minimum absolute atomic E-state index is 0.204. The zero-order valence-electron chi connectivity index (χ0n) is 11.8. The molecule has 1 unspecified atom stereocenters. The van der Waals surface area contributed by atoms with Gasteiger partial charge >= 0.3 is 0 Å². The van der Waals surface area contributed by atoms with Gasteiger partial charge < -0.3 is 10.6 Å². The number of fused-ring (bicyclic) bond motifs is 1. The first kappa shape index (κ1) is 14.3. The third-order valence-electron chi connectivity index (χ3n) is 4.03. The Morgan fingerprint density at radius 3 is 3.10 bits per heavy atom. The summed E-state index contributed by atoms with van der Waals surface area (Å²) in [4.78, 5) is 17.9. The summed E-state index contributed by atoms with van der Waals surface area (Å²) in [5.74, 6) is 0.149. The molecule has 1 aromatic carbocycles. The van der Waals surface area contributed by atoms with Crippen LogP contribution in [0.4, 0.5) is 5.69 Å². The van der Waals surface area contributed by atoms with Crippen molar-refractivity contribution in [3.8, 4) is 0 Å². The molecule has 110 valence electrons. The van der Waals surface area contributed by atoms with Crippen molar-refractivity contribution in [2.75, 3.05) is 18.0 Å². The highest BCUT2D eigenvalue weighted by atomic mass is 79.9. The molecule has 1 amide bonds. The van der Waals surface area contributed by atoms with Crippen molar-refractivity contribution in [2.24, 2.45) is 11.7 Å². The SMILES string of the molecule is NC(=O)CC1CCCN(c2ccnc3ccc(Br)cc23)C1. The molecule has 2 heterocycles. The van der Waals surface area contributed by atoms with Crippen molar-refractivity contribution in [1.82, 2.24) is 4.98 Å². The number of benzene rings is 1. The predicted molar refractivity (Wildman–Crippen MR) is 88.2 cm³/mol. The molecule has 2 aromatic rings. The smallest absolute Gasteiger partial charge is 0.217 e. The van der Waals surface area contributed by atoms with Crippen molar-refractivity contribution in [3.63, 3.8) is 0 Å². The van der Waals surface area contributed by atoms with Crippen LogP contribution >= 0.6 is 15.9 Å². The van der Waals surface area contributed by atoms with Gasteiger partial charge in [0.15, 0.2) is 0 Å². The summed E-state index contributed by atoms with van der Waals surface area (Å²) >= 11 is 3.53. The predicted octanol–water partition coefficient (Wildman–Crippen LogP) is 3.09. The lowest BCUT2D eigenvalue weighted by Crippen LogP contribution is -2.37. The number of aromatic nitrogens is 1. The van der Waals surface area contributed by atoms with Gasteiger partial charge in [-0.3, -0.25) is 9.78 Å². The van der Waals surface area contributed by atoms with E-state index in [1.54, 1.807) is 0 Å².